The Balaban J connectivity index is 1.99. The molecule has 1 N–H and O–H groups in total. The van der Waals surface area contributed by atoms with Crippen molar-refractivity contribution >= 4 is 33.5 Å². The Morgan fingerprint density at radius 3 is 1.55 bits per heavy atom. The Hall–Kier alpha value is -1.73. The molecule has 152 valence electrons. The molecule has 0 bridgehead atoms. The van der Waals surface area contributed by atoms with Crippen LogP contribution in [0.4, 0.5) is 0 Å². The fourth-order valence-electron chi connectivity index (χ4n) is 3.37. The van der Waals surface area contributed by atoms with Crippen LogP contribution in [-0.2, 0) is 14.8 Å². The highest BCUT2D eigenvalue weighted by molar-refractivity contribution is 8.11. The highest BCUT2D eigenvalue weighted by Crippen LogP contribution is 2.48. The van der Waals surface area contributed by atoms with Gasteiger partial charge in [-0.15, -0.1) is 23.5 Å². The van der Waals surface area contributed by atoms with E-state index >= 15 is 0 Å². The van der Waals surface area contributed by atoms with Crippen LogP contribution in [0, 0.1) is 0 Å². The van der Waals surface area contributed by atoms with Gasteiger partial charge in [-0.05, 0) is 22.9 Å². The molecule has 0 spiro atoms. The lowest BCUT2D eigenvalue weighted by atomic mass is 9.84. The van der Waals surface area contributed by atoms with Gasteiger partial charge in [0.25, 0.3) is 0 Å². The van der Waals surface area contributed by atoms with Gasteiger partial charge in [0.05, 0.1) is 4.75 Å². The summed E-state index contributed by atoms with van der Waals surface area (Å²) in [4.78, 5) is 0. The van der Waals surface area contributed by atoms with Crippen LogP contribution < -0.4 is 4.72 Å². The Kier molecular flexibility index (Phi) is 7.84. The van der Waals surface area contributed by atoms with E-state index in [4.69, 9.17) is 0 Å². The Bertz CT molecular complexity index is 882. The van der Waals surface area contributed by atoms with E-state index in [0.717, 1.165) is 0 Å². The Morgan fingerprint density at radius 1 is 0.759 bits per heavy atom. The molecule has 0 heterocycles. The summed E-state index contributed by atoms with van der Waals surface area (Å²) in [5.74, 6) is 0.645. The van der Waals surface area contributed by atoms with Crippen molar-refractivity contribution in [3.63, 3.8) is 0 Å². The number of hydrogen-bond acceptors (Lipinski definition) is 4. The lowest BCUT2D eigenvalue weighted by molar-refractivity contribution is 0.589. The van der Waals surface area contributed by atoms with Gasteiger partial charge in [-0.2, -0.15) is 0 Å². The van der Waals surface area contributed by atoms with Gasteiger partial charge in [0.1, 0.15) is 5.08 Å². The molecule has 3 aromatic rings. The molecule has 0 atom stereocenters. The molecule has 0 aliphatic heterocycles. The molecule has 0 aromatic heterocycles. The normalized spacial score (nSPS) is 12.0. The maximum Gasteiger partial charge on any atom is 0.220 e. The number of rotatable bonds is 10. The number of thioether (sulfide) groups is 2. The minimum absolute atomic E-state index is 0.0822. The van der Waals surface area contributed by atoms with E-state index < -0.39 is 14.8 Å². The van der Waals surface area contributed by atoms with Crippen molar-refractivity contribution in [1.82, 2.24) is 4.72 Å². The zero-order valence-electron chi connectivity index (χ0n) is 16.3. The second-order valence-corrected chi connectivity index (χ2v) is 10.9. The van der Waals surface area contributed by atoms with E-state index in [2.05, 4.69) is 77.5 Å². The molecule has 0 aliphatic carbocycles. The SMILES string of the molecule is CSCS(=O)(=O)NCCSC(c1ccccc1)(c1ccccc1)c1ccccc1. The van der Waals surface area contributed by atoms with Crippen LogP contribution in [-0.4, -0.2) is 32.1 Å². The van der Waals surface area contributed by atoms with Crippen LogP contribution >= 0.6 is 23.5 Å². The summed E-state index contributed by atoms with van der Waals surface area (Å²) in [5, 5.41) is 0.0822. The van der Waals surface area contributed by atoms with E-state index in [9.17, 15) is 8.42 Å². The van der Waals surface area contributed by atoms with Crippen molar-refractivity contribution in [2.45, 2.75) is 4.75 Å². The van der Waals surface area contributed by atoms with Crippen LogP contribution in [0.15, 0.2) is 91.0 Å². The molecule has 0 unspecified atom stereocenters. The second-order valence-electron chi connectivity index (χ2n) is 6.54. The highest BCUT2D eigenvalue weighted by Gasteiger charge is 2.36. The van der Waals surface area contributed by atoms with Crippen molar-refractivity contribution in [2.75, 3.05) is 23.6 Å². The maximum atomic E-state index is 12.0. The van der Waals surface area contributed by atoms with Crippen molar-refractivity contribution < 1.29 is 8.42 Å². The smallest absolute Gasteiger partial charge is 0.214 e. The summed E-state index contributed by atoms with van der Waals surface area (Å²) >= 11 is 3.06. The average Bonchev–Trinajstić information content (AvgIpc) is 2.76. The fraction of sp³-hybridized carbons (Fsp3) is 0.217. The zero-order valence-corrected chi connectivity index (χ0v) is 18.8. The summed E-state index contributed by atoms with van der Waals surface area (Å²) in [6.07, 6.45) is 1.79. The number of nitrogens with one attached hydrogen (secondary N) is 1. The van der Waals surface area contributed by atoms with E-state index in [-0.39, 0.29) is 5.08 Å². The first-order valence-corrected chi connectivity index (χ1v) is 13.4. The minimum Gasteiger partial charge on any atom is -0.214 e. The van der Waals surface area contributed by atoms with Crippen LogP contribution in [0.3, 0.4) is 0 Å². The molecule has 29 heavy (non-hydrogen) atoms. The third kappa shape index (κ3) is 5.45. The molecular formula is C23H25NO2S3. The third-order valence-corrected chi connectivity index (χ3v) is 8.93. The Labute approximate surface area is 182 Å². The van der Waals surface area contributed by atoms with Crippen LogP contribution in [0.1, 0.15) is 16.7 Å². The molecule has 0 fully saturated rings. The van der Waals surface area contributed by atoms with Crippen LogP contribution in [0.5, 0.6) is 0 Å². The molecular weight excluding hydrogens is 418 g/mol. The van der Waals surface area contributed by atoms with Crippen LogP contribution in [0.25, 0.3) is 0 Å². The van der Waals surface area contributed by atoms with Crippen molar-refractivity contribution in [3.05, 3.63) is 108 Å². The molecule has 6 heteroatoms. The lowest BCUT2D eigenvalue weighted by Gasteiger charge is -2.35. The monoisotopic (exact) mass is 443 g/mol. The average molecular weight is 444 g/mol. The molecule has 0 aliphatic rings. The minimum atomic E-state index is -3.24. The largest absolute Gasteiger partial charge is 0.220 e. The van der Waals surface area contributed by atoms with Crippen molar-refractivity contribution in [3.8, 4) is 0 Å². The summed E-state index contributed by atoms with van der Waals surface area (Å²) in [7, 11) is -3.24. The van der Waals surface area contributed by atoms with Gasteiger partial charge in [0.15, 0.2) is 0 Å². The lowest BCUT2D eigenvalue weighted by Crippen LogP contribution is -2.31. The molecule has 0 amide bonds. The van der Waals surface area contributed by atoms with E-state index in [1.165, 1.54) is 28.5 Å². The topological polar surface area (TPSA) is 46.2 Å². The summed E-state index contributed by atoms with van der Waals surface area (Å²) in [6.45, 7) is 0.391. The predicted molar refractivity (Wildman–Crippen MR) is 127 cm³/mol. The van der Waals surface area contributed by atoms with Gasteiger partial charge < -0.3 is 0 Å². The quantitative estimate of drug-likeness (QED) is 0.356. The van der Waals surface area contributed by atoms with Crippen molar-refractivity contribution in [2.24, 2.45) is 0 Å². The van der Waals surface area contributed by atoms with Gasteiger partial charge in [-0.3, -0.25) is 0 Å². The molecule has 3 rings (SSSR count). The van der Waals surface area contributed by atoms with Gasteiger partial charge in [-0.25, -0.2) is 13.1 Å². The predicted octanol–water partition coefficient (Wildman–Crippen LogP) is 4.95. The summed E-state index contributed by atoms with van der Waals surface area (Å²) < 4.78 is 26.3. The Morgan fingerprint density at radius 2 is 1.17 bits per heavy atom. The first-order valence-electron chi connectivity index (χ1n) is 9.35. The van der Waals surface area contributed by atoms with E-state index in [0.29, 0.717) is 12.3 Å². The fourth-order valence-corrected chi connectivity index (χ4v) is 6.90. The van der Waals surface area contributed by atoms with Gasteiger partial charge >= 0.3 is 0 Å². The zero-order chi connectivity index (χ0) is 20.6. The van der Waals surface area contributed by atoms with Gasteiger partial charge in [0, 0.05) is 12.3 Å². The first-order chi connectivity index (χ1) is 14.1. The molecule has 0 saturated carbocycles. The van der Waals surface area contributed by atoms with Crippen molar-refractivity contribution in [1.29, 1.82) is 0 Å². The summed E-state index contributed by atoms with van der Waals surface area (Å²) in [5.41, 5.74) is 3.53. The molecule has 0 saturated heterocycles. The molecule has 3 nitrogen and oxygen atoms in total. The number of benzene rings is 3. The van der Waals surface area contributed by atoms with Crippen LogP contribution in [0.2, 0.25) is 0 Å². The molecule has 0 radical (unpaired) electrons. The van der Waals surface area contributed by atoms with E-state index in [1.807, 2.05) is 18.2 Å². The first kappa shape index (κ1) is 22.0. The van der Waals surface area contributed by atoms with Gasteiger partial charge in [0.2, 0.25) is 10.0 Å². The molecule has 3 aromatic carbocycles. The second kappa shape index (κ2) is 10.3. The standard InChI is InChI=1S/C23H25NO2S3/c1-27-19-29(25,26)24-17-18-28-23(20-11-5-2-6-12-20,21-13-7-3-8-14-21)22-15-9-4-10-16-22/h2-16,24H,17-19H2,1H3. The summed E-state index contributed by atoms with van der Waals surface area (Å²) in [6, 6.07) is 31.2. The van der Waals surface area contributed by atoms with E-state index in [1.54, 1.807) is 18.0 Å². The maximum absolute atomic E-state index is 12.0. The number of hydrogen-bond donors (Lipinski definition) is 1. The number of sulfonamides is 1. The highest BCUT2D eigenvalue weighted by atomic mass is 32.3. The van der Waals surface area contributed by atoms with Gasteiger partial charge in [-0.1, -0.05) is 91.0 Å². The third-order valence-electron chi connectivity index (χ3n) is 4.56.